The molecule has 0 spiro atoms. The molecule has 0 radical (unpaired) electrons. The van der Waals surface area contributed by atoms with Crippen LogP contribution in [0.5, 0.6) is 0 Å². The highest BCUT2D eigenvalue weighted by molar-refractivity contribution is 5.91. The largest absolute Gasteiger partial charge is 0.409 e. The lowest BCUT2D eigenvalue weighted by Gasteiger charge is -2.29. The van der Waals surface area contributed by atoms with Crippen molar-refractivity contribution in [2.45, 2.75) is 44.2 Å². The third kappa shape index (κ3) is 2.52. The molecule has 2 saturated heterocycles. The number of hydrogen-bond acceptors (Lipinski definition) is 4. The number of nitrogens with two attached hydrogens (primary N) is 1. The number of oxime groups is 1. The van der Waals surface area contributed by atoms with E-state index in [4.69, 9.17) is 15.7 Å². The quantitative estimate of drug-likeness (QED) is 0.315. The highest BCUT2D eigenvalue weighted by Gasteiger charge is 2.36. The molecule has 0 aromatic rings. The number of ether oxygens (including phenoxy) is 1. The maximum atomic E-state index is 12.2. The SMILES string of the molecule is NC(=NO)C1CCCN1C(=O)C1CCCCO1. The second kappa shape index (κ2) is 5.35. The minimum Gasteiger partial charge on any atom is -0.409 e. The predicted octanol–water partition coefficient (Wildman–Crippen LogP) is 0.293. The van der Waals surface area contributed by atoms with Crippen molar-refractivity contribution in [3.63, 3.8) is 0 Å². The summed E-state index contributed by atoms with van der Waals surface area (Å²) in [4.78, 5) is 13.9. The van der Waals surface area contributed by atoms with Gasteiger partial charge in [-0.25, -0.2) is 0 Å². The molecule has 2 heterocycles. The van der Waals surface area contributed by atoms with Gasteiger partial charge in [-0.2, -0.15) is 0 Å². The Hall–Kier alpha value is -1.30. The van der Waals surface area contributed by atoms with E-state index < -0.39 is 0 Å². The highest BCUT2D eigenvalue weighted by atomic mass is 16.5. The van der Waals surface area contributed by atoms with E-state index in [-0.39, 0.29) is 23.9 Å². The first-order valence-electron chi connectivity index (χ1n) is 6.13. The van der Waals surface area contributed by atoms with Gasteiger partial charge in [0.2, 0.25) is 0 Å². The zero-order chi connectivity index (χ0) is 12.3. The average Bonchev–Trinajstić information content (AvgIpc) is 2.87. The Bertz CT molecular complexity index is 313. The molecule has 2 rings (SSSR count). The lowest BCUT2D eigenvalue weighted by Crippen LogP contribution is -2.49. The number of amides is 1. The van der Waals surface area contributed by atoms with Gasteiger partial charge in [0.15, 0.2) is 5.84 Å². The number of rotatable bonds is 2. The Labute approximate surface area is 100 Å². The molecule has 6 heteroatoms. The van der Waals surface area contributed by atoms with Gasteiger partial charge >= 0.3 is 0 Å². The molecule has 2 aliphatic rings. The van der Waals surface area contributed by atoms with Gasteiger partial charge in [-0.3, -0.25) is 4.79 Å². The molecule has 2 aliphatic heterocycles. The second-order valence-electron chi connectivity index (χ2n) is 4.57. The second-order valence-corrected chi connectivity index (χ2v) is 4.57. The lowest BCUT2D eigenvalue weighted by molar-refractivity contribution is -0.146. The van der Waals surface area contributed by atoms with Gasteiger partial charge < -0.3 is 20.6 Å². The van der Waals surface area contributed by atoms with Gasteiger partial charge in [0.1, 0.15) is 6.10 Å². The molecule has 17 heavy (non-hydrogen) atoms. The lowest BCUT2D eigenvalue weighted by atomic mass is 10.1. The van der Waals surface area contributed by atoms with Crippen molar-refractivity contribution in [1.82, 2.24) is 4.90 Å². The third-order valence-electron chi connectivity index (χ3n) is 3.45. The number of amidine groups is 1. The first-order valence-corrected chi connectivity index (χ1v) is 6.13. The van der Waals surface area contributed by atoms with Gasteiger partial charge in [-0.05, 0) is 32.1 Å². The van der Waals surface area contributed by atoms with E-state index in [0.717, 1.165) is 32.1 Å². The van der Waals surface area contributed by atoms with Crippen molar-refractivity contribution in [3.8, 4) is 0 Å². The topological polar surface area (TPSA) is 88.2 Å². The molecule has 0 aromatic carbocycles. The van der Waals surface area contributed by atoms with Crippen LogP contribution >= 0.6 is 0 Å². The molecule has 0 aromatic heterocycles. The summed E-state index contributed by atoms with van der Waals surface area (Å²) >= 11 is 0. The van der Waals surface area contributed by atoms with E-state index in [1.165, 1.54) is 0 Å². The normalized spacial score (nSPS) is 30.6. The minimum atomic E-state index is -0.337. The van der Waals surface area contributed by atoms with Crippen LogP contribution in [0.15, 0.2) is 5.16 Å². The first-order chi connectivity index (χ1) is 8.24. The number of carbonyl (C=O) groups is 1. The average molecular weight is 241 g/mol. The molecule has 96 valence electrons. The summed E-state index contributed by atoms with van der Waals surface area (Å²) in [5.74, 6) is 0.102. The molecule has 2 fully saturated rings. The van der Waals surface area contributed by atoms with Crippen LogP contribution in [-0.2, 0) is 9.53 Å². The number of hydrogen-bond donors (Lipinski definition) is 2. The fourth-order valence-corrected chi connectivity index (χ4v) is 2.53. The van der Waals surface area contributed by atoms with Crippen molar-refractivity contribution >= 4 is 11.7 Å². The first kappa shape index (κ1) is 12.2. The van der Waals surface area contributed by atoms with E-state index in [2.05, 4.69) is 5.16 Å². The molecule has 2 unspecified atom stereocenters. The van der Waals surface area contributed by atoms with Crippen molar-refractivity contribution in [2.24, 2.45) is 10.9 Å². The van der Waals surface area contributed by atoms with Gasteiger partial charge in [0, 0.05) is 13.2 Å². The van der Waals surface area contributed by atoms with Crippen LogP contribution in [0.3, 0.4) is 0 Å². The van der Waals surface area contributed by atoms with Gasteiger partial charge in [0.25, 0.3) is 5.91 Å². The molecular weight excluding hydrogens is 222 g/mol. The summed E-state index contributed by atoms with van der Waals surface area (Å²) in [7, 11) is 0. The summed E-state index contributed by atoms with van der Waals surface area (Å²) in [5.41, 5.74) is 5.60. The highest BCUT2D eigenvalue weighted by Crippen LogP contribution is 2.22. The van der Waals surface area contributed by atoms with Crippen LogP contribution in [0.2, 0.25) is 0 Å². The monoisotopic (exact) mass is 241 g/mol. The fraction of sp³-hybridized carbons (Fsp3) is 0.818. The van der Waals surface area contributed by atoms with Crippen LogP contribution in [0.25, 0.3) is 0 Å². The summed E-state index contributed by atoms with van der Waals surface area (Å²) in [6.45, 7) is 1.32. The van der Waals surface area contributed by atoms with Crippen molar-refractivity contribution < 1.29 is 14.7 Å². The Morgan fingerprint density at radius 3 is 2.82 bits per heavy atom. The molecular formula is C11H19N3O3. The molecule has 0 saturated carbocycles. The van der Waals surface area contributed by atoms with Crippen LogP contribution in [-0.4, -0.2) is 47.1 Å². The smallest absolute Gasteiger partial charge is 0.252 e. The molecule has 6 nitrogen and oxygen atoms in total. The minimum absolute atomic E-state index is 0.0150. The number of carbonyl (C=O) groups excluding carboxylic acids is 1. The summed E-state index contributed by atoms with van der Waals surface area (Å²) in [5, 5.41) is 11.7. The van der Waals surface area contributed by atoms with Gasteiger partial charge in [0.05, 0.1) is 6.04 Å². The van der Waals surface area contributed by atoms with E-state index in [0.29, 0.717) is 13.2 Å². The molecule has 0 bridgehead atoms. The molecule has 2 atom stereocenters. The Kier molecular flexibility index (Phi) is 3.83. The van der Waals surface area contributed by atoms with E-state index in [9.17, 15) is 4.79 Å². The Morgan fingerprint density at radius 2 is 2.18 bits per heavy atom. The van der Waals surface area contributed by atoms with E-state index in [1.807, 2.05) is 0 Å². The molecule has 3 N–H and O–H groups in total. The molecule has 1 amide bonds. The Balaban J connectivity index is 2.02. The molecule has 0 aliphatic carbocycles. The fourth-order valence-electron chi connectivity index (χ4n) is 2.53. The van der Waals surface area contributed by atoms with Crippen molar-refractivity contribution in [1.29, 1.82) is 0 Å². The predicted molar refractivity (Wildman–Crippen MR) is 61.7 cm³/mol. The zero-order valence-electron chi connectivity index (χ0n) is 9.84. The number of nitrogens with zero attached hydrogens (tertiary/aromatic N) is 2. The van der Waals surface area contributed by atoms with Gasteiger partial charge in [-0.1, -0.05) is 5.16 Å². The van der Waals surface area contributed by atoms with Crippen molar-refractivity contribution in [3.05, 3.63) is 0 Å². The maximum absolute atomic E-state index is 12.2. The standard InChI is InChI=1S/C11H19N3O3/c12-10(13-16)8-4-3-6-14(8)11(15)9-5-1-2-7-17-9/h8-9,16H,1-7H2,(H2,12,13). The van der Waals surface area contributed by atoms with Crippen LogP contribution < -0.4 is 5.73 Å². The van der Waals surface area contributed by atoms with Crippen LogP contribution in [0, 0.1) is 0 Å². The zero-order valence-corrected chi connectivity index (χ0v) is 9.84. The Morgan fingerprint density at radius 1 is 1.35 bits per heavy atom. The van der Waals surface area contributed by atoms with Crippen LogP contribution in [0.4, 0.5) is 0 Å². The third-order valence-corrected chi connectivity index (χ3v) is 3.45. The van der Waals surface area contributed by atoms with E-state index >= 15 is 0 Å². The maximum Gasteiger partial charge on any atom is 0.252 e. The summed E-state index contributed by atoms with van der Waals surface area (Å²) < 4.78 is 5.48. The summed E-state index contributed by atoms with van der Waals surface area (Å²) in [6, 6.07) is -0.266. The van der Waals surface area contributed by atoms with E-state index in [1.54, 1.807) is 4.90 Å². The summed E-state index contributed by atoms with van der Waals surface area (Å²) in [6.07, 6.45) is 4.13. The number of likely N-dealkylation sites (tertiary alicyclic amines) is 1. The van der Waals surface area contributed by atoms with Crippen LogP contribution in [0.1, 0.15) is 32.1 Å². The van der Waals surface area contributed by atoms with Gasteiger partial charge in [-0.15, -0.1) is 0 Å². The van der Waals surface area contributed by atoms with Crippen molar-refractivity contribution in [2.75, 3.05) is 13.2 Å².